The molecule has 1 heterocycles. The van der Waals surface area contributed by atoms with Crippen LogP contribution in [0.4, 0.5) is 0 Å². The van der Waals surface area contributed by atoms with E-state index in [2.05, 4.69) is 4.98 Å². The molecule has 0 radical (unpaired) electrons. The third-order valence-electron chi connectivity index (χ3n) is 3.69. The van der Waals surface area contributed by atoms with Gasteiger partial charge in [0.25, 0.3) is 5.56 Å². The number of aromatic nitrogens is 2. The average Bonchev–Trinajstić information content (AvgIpc) is 2.56. The van der Waals surface area contributed by atoms with E-state index in [9.17, 15) is 14.4 Å². The molecule has 7 nitrogen and oxygen atoms in total. The molecule has 0 fully saturated rings. The van der Waals surface area contributed by atoms with Gasteiger partial charge in [-0.3, -0.25) is 9.78 Å². The maximum atomic E-state index is 12.1. The molecule has 0 aliphatic heterocycles. The minimum Gasteiger partial charge on any atom is -0.459 e. The molecule has 2 aromatic rings. The molecule has 0 saturated carbocycles. The van der Waals surface area contributed by atoms with Gasteiger partial charge in [-0.05, 0) is 25.0 Å². The van der Waals surface area contributed by atoms with Crippen LogP contribution in [-0.4, -0.2) is 35.3 Å². The Morgan fingerprint density at radius 3 is 2.67 bits per heavy atom. The van der Waals surface area contributed by atoms with E-state index in [4.69, 9.17) is 9.47 Å². The second-order valence-electron chi connectivity index (χ2n) is 5.36. The van der Waals surface area contributed by atoms with Crippen LogP contribution < -0.4 is 11.2 Å². The van der Waals surface area contributed by atoms with E-state index < -0.39 is 17.2 Å². The molecule has 1 N–H and O–H groups in total. The first-order valence-corrected chi connectivity index (χ1v) is 7.56. The number of hydrogen-bond donors (Lipinski definition) is 1. The summed E-state index contributed by atoms with van der Waals surface area (Å²) in [6.07, 6.45) is 1.54. The van der Waals surface area contributed by atoms with Crippen molar-refractivity contribution in [2.24, 2.45) is 0 Å². The van der Waals surface area contributed by atoms with Crippen molar-refractivity contribution < 1.29 is 14.3 Å². The number of esters is 1. The molecule has 2 rings (SSSR count). The van der Waals surface area contributed by atoms with Gasteiger partial charge >= 0.3 is 11.7 Å². The number of aromatic amines is 1. The highest BCUT2D eigenvalue weighted by Gasteiger charge is 2.14. The van der Waals surface area contributed by atoms with Gasteiger partial charge < -0.3 is 14.0 Å². The summed E-state index contributed by atoms with van der Waals surface area (Å²) >= 11 is 0. The Kier molecular flexibility index (Phi) is 6.08. The van der Waals surface area contributed by atoms with Crippen molar-refractivity contribution in [1.82, 2.24) is 9.55 Å². The van der Waals surface area contributed by atoms with Crippen LogP contribution in [0.1, 0.15) is 22.3 Å². The van der Waals surface area contributed by atoms with E-state index in [1.54, 1.807) is 12.1 Å². The fourth-order valence-corrected chi connectivity index (χ4v) is 2.22. The Morgan fingerprint density at radius 2 is 2.00 bits per heavy atom. The topological polar surface area (TPSA) is 90.4 Å². The number of nitrogens with one attached hydrogen (secondary N) is 1. The first kappa shape index (κ1) is 17.7. The lowest BCUT2D eigenvalue weighted by Crippen LogP contribution is -2.31. The molecule has 0 saturated heterocycles. The normalized spacial score (nSPS) is 11.9. The molecule has 1 atom stereocenters. The molecular formula is C17H20N2O5. The van der Waals surface area contributed by atoms with Crippen molar-refractivity contribution in [1.29, 1.82) is 0 Å². The molecule has 1 aromatic heterocycles. The van der Waals surface area contributed by atoms with Crippen molar-refractivity contribution in [3.63, 3.8) is 0 Å². The van der Waals surface area contributed by atoms with Gasteiger partial charge in [0.05, 0.1) is 11.7 Å². The highest BCUT2D eigenvalue weighted by Crippen LogP contribution is 2.10. The van der Waals surface area contributed by atoms with E-state index in [1.807, 2.05) is 19.1 Å². The summed E-state index contributed by atoms with van der Waals surface area (Å²) in [5.74, 6) is -0.406. The zero-order valence-corrected chi connectivity index (χ0v) is 13.7. The van der Waals surface area contributed by atoms with Crippen molar-refractivity contribution in [3.05, 3.63) is 68.5 Å². The van der Waals surface area contributed by atoms with Gasteiger partial charge in [0, 0.05) is 25.9 Å². The number of aryl methyl sites for hydroxylation is 2. The van der Waals surface area contributed by atoms with Crippen LogP contribution >= 0.6 is 0 Å². The van der Waals surface area contributed by atoms with Crippen molar-refractivity contribution in [2.75, 3.05) is 13.7 Å². The molecule has 0 amide bonds. The summed E-state index contributed by atoms with van der Waals surface area (Å²) in [6, 6.07) is 8.46. The fourth-order valence-electron chi connectivity index (χ4n) is 2.22. The minimum atomic E-state index is -0.478. The molecule has 24 heavy (non-hydrogen) atoms. The van der Waals surface area contributed by atoms with Crippen molar-refractivity contribution in [2.45, 2.75) is 26.0 Å². The quantitative estimate of drug-likeness (QED) is 0.767. The third-order valence-corrected chi connectivity index (χ3v) is 3.69. The fraction of sp³-hybridized carbons (Fsp3) is 0.353. The van der Waals surface area contributed by atoms with Crippen LogP contribution in [0.3, 0.4) is 0 Å². The van der Waals surface area contributed by atoms with E-state index in [-0.39, 0.29) is 12.7 Å². The second-order valence-corrected chi connectivity index (χ2v) is 5.36. The molecule has 0 spiro atoms. The lowest BCUT2D eigenvalue weighted by atomic mass is 10.1. The summed E-state index contributed by atoms with van der Waals surface area (Å²) in [6.45, 7) is 2.27. The summed E-state index contributed by atoms with van der Waals surface area (Å²) in [5.41, 5.74) is 0.446. The lowest BCUT2D eigenvalue weighted by molar-refractivity contribution is 0.00645. The Bertz CT molecular complexity index is 809. The molecular weight excluding hydrogens is 312 g/mol. The second kappa shape index (κ2) is 8.26. The van der Waals surface area contributed by atoms with Crippen molar-refractivity contribution in [3.8, 4) is 0 Å². The summed E-state index contributed by atoms with van der Waals surface area (Å²) in [4.78, 5) is 36.9. The average molecular weight is 332 g/mol. The number of carbonyl (C=O) groups excluding carboxylic acids is 1. The first-order chi connectivity index (χ1) is 11.5. The highest BCUT2D eigenvalue weighted by atomic mass is 16.6. The molecule has 1 unspecified atom stereocenters. The number of nitrogens with zero attached hydrogens (tertiary/aromatic N) is 1. The number of rotatable bonds is 7. The van der Waals surface area contributed by atoms with Crippen LogP contribution in [0, 0.1) is 6.92 Å². The van der Waals surface area contributed by atoms with Crippen LogP contribution in [0.2, 0.25) is 0 Å². The maximum Gasteiger partial charge on any atom is 0.338 e. The molecule has 0 bridgehead atoms. The number of carbonyl (C=O) groups is 1. The number of hydrogen-bond acceptors (Lipinski definition) is 5. The SMILES string of the molecule is COC(CCn1ccc(=O)[nH]c1=O)COC(=O)c1ccccc1C. The van der Waals surface area contributed by atoms with Gasteiger partial charge in [0.15, 0.2) is 0 Å². The van der Waals surface area contributed by atoms with Crippen LogP contribution in [-0.2, 0) is 16.0 Å². The number of ether oxygens (including phenoxy) is 2. The Hall–Kier alpha value is -2.67. The molecule has 128 valence electrons. The van der Waals surface area contributed by atoms with Gasteiger partial charge in [-0.1, -0.05) is 18.2 Å². The molecule has 0 aliphatic rings. The van der Waals surface area contributed by atoms with Gasteiger partial charge in [0.2, 0.25) is 0 Å². The monoisotopic (exact) mass is 332 g/mol. The van der Waals surface area contributed by atoms with Crippen LogP contribution in [0.15, 0.2) is 46.1 Å². The smallest absolute Gasteiger partial charge is 0.338 e. The lowest BCUT2D eigenvalue weighted by Gasteiger charge is -2.16. The Morgan fingerprint density at radius 1 is 1.25 bits per heavy atom. The van der Waals surface area contributed by atoms with Gasteiger partial charge in [-0.25, -0.2) is 9.59 Å². The van der Waals surface area contributed by atoms with Crippen LogP contribution in [0.5, 0.6) is 0 Å². The Balaban J connectivity index is 1.90. The van der Waals surface area contributed by atoms with Gasteiger partial charge in [-0.15, -0.1) is 0 Å². The van der Waals surface area contributed by atoms with Crippen LogP contribution in [0.25, 0.3) is 0 Å². The van der Waals surface area contributed by atoms with E-state index in [0.717, 1.165) is 5.56 Å². The number of methoxy groups -OCH3 is 1. The number of benzene rings is 1. The zero-order valence-electron chi connectivity index (χ0n) is 13.7. The maximum absolute atomic E-state index is 12.1. The minimum absolute atomic E-state index is 0.0851. The highest BCUT2D eigenvalue weighted by molar-refractivity contribution is 5.90. The molecule has 0 aliphatic carbocycles. The Labute approximate surface area is 138 Å². The summed E-state index contributed by atoms with van der Waals surface area (Å²) in [7, 11) is 1.52. The predicted molar refractivity (Wildman–Crippen MR) is 88.2 cm³/mol. The number of H-pyrrole nitrogens is 1. The third kappa shape index (κ3) is 4.66. The van der Waals surface area contributed by atoms with E-state index in [0.29, 0.717) is 18.5 Å². The first-order valence-electron chi connectivity index (χ1n) is 7.56. The molecule has 7 heteroatoms. The predicted octanol–water partition coefficient (Wildman–Crippen LogP) is 1.11. The van der Waals surface area contributed by atoms with Gasteiger partial charge in [0.1, 0.15) is 6.61 Å². The van der Waals surface area contributed by atoms with Gasteiger partial charge in [-0.2, -0.15) is 0 Å². The zero-order chi connectivity index (χ0) is 17.5. The van der Waals surface area contributed by atoms with E-state index >= 15 is 0 Å². The van der Waals surface area contributed by atoms with E-state index in [1.165, 1.54) is 23.9 Å². The largest absolute Gasteiger partial charge is 0.459 e. The molecule has 1 aromatic carbocycles. The summed E-state index contributed by atoms with van der Waals surface area (Å²) in [5, 5.41) is 0. The van der Waals surface area contributed by atoms with Crippen molar-refractivity contribution >= 4 is 5.97 Å². The standard InChI is InChI=1S/C17H20N2O5/c1-12-5-3-4-6-14(12)16(21)24-11-13(23-2)7-9-19-10-8-15(20)18-17(19)22/h3-6,8,10,13H,7,9,11H2,1-2H3,(H,18,20,22). The summed E-state index contributed by atoms with van der Waals surface area (Å²) < 4.78 is 11.9.